The zero-order valence-corrected chi connectivity index (χ0v) is 18.2. The number of sulfonamides is 1. The van der Waals surface area contributed by atoms with Crippen molar-refractivity contribution in [3.05, 3.63) is 29.3 Å². The Morgan fingerprint density at radius 3 is 2.23 bits per heavy atom. The fourth-order valence-electron chi connectivity index (χ4n) is 3.31. The highest BCUT2D eigenvalue weighted by molar-refractivity contribution is 7.92. The molecular formula is C19H31ClN2O3S. The molecule has 0 aliphatic carbocycles. The number of hydrogen-bond donors (Lipinski definition) is 1. The smallest absolute Gasteiger partial charge is 0.232 e. The van der Waals surface area contributed by atoms with Crippen molar-refractivity contribution in [2.75, 3.05) is 17.1 Å². The third-order valence-corrected chi connectivity index (χ3v) is 5.24. The molecule has 7 heteroatoms. The molecule has 1 N–H and O–H groups in total. The van der Waals surface area contributed by atoms with Gasteiger partial charge in [0.15, 0.2) is 0 Å². The number of nitrogens with zero attached hydrogens (tertiary/aromatic N) is 1. The zero-order chi connectivity index (χ0) is 20.2. The Kier molecular flexibility index (Phi) is 7.54. The summed E-state index contributed by atoms with van der Waals surface area (Å²) in [5.41, 5.74) is 0.229. The average molecular weight is 403 g/mol. The van der Waals surface area contributed by atoms with Crippen molar-refractivity contribution in [3.63, 3.8) is 0 Å². The number of rotatable bonds is 8. The number of carbonyl (C=O) groups excluding carboxylic acids is 1. The first-order chi connectivity index (χ1) is 11.7. The molecule has 0 radical (unpaired) electrons. The van der Waals surface area contributed by atoms with Gasteiger partial charge in [-0.3, -0.25) is 9.10 Å². The van der Waals surface area contributed by atoms with E-state index in [0.29, 0.717) is 17.1 Å². The van der Waals surface area contributed by atoms with E-state index in [1.165, 1.54) is 4.31 Å². The van der Waals surface area contributed by atoms with E-state index >= 15 is 0 Å². The van der Waals surface area contributed by atoms with Crippen LogP contribution in [0.15, 0.2) is 24.3 Å². The summed E-state index contributed by atoms with van der Waals surface area (Å²) in [6, 6.07) is 6.80. The standard InChI is InChI=1S/C19H31ClN2O3S/c1-18(2,3)14-19(4,5)21-17(23)12-9-13-22(26(6,24)25)16-11-8-7-10-15(16)20/h7-8,10-11H,9,12-14H2,1-6H3,(H,21,23). The molecule has 0 aromatic heterocycles. The van der Waals surface area contributed by atoms with E-state index in [1.807, 2.05) is 13.8 Å². The second-order valence-electron chi connectivity index (χ2n) is 8.56. The van der Waals surface area contributed by atoms with Gasteiger partial charge in [-0.15, -0.1) is 0 Å². The molecule has 0 saturated heterocycles. The molecule has 0 spiro atoms. The van der Waals surface area contributed by atoms with Crippen molar-refractivity contribution >= 4 is 33.2 Å². The molecule has 0 heterocycles. The highest BCUT2D eigenvalue weighted by Gasteiger charge is 2.27. The fraction of sp³-hybridized carbons (Fsp3) is 0.632. The Hall–Kier alpha value is -1.27. The van der Waals surface area contributed by atoms with Crippen LogP contribution in [0.5, 0.6) is 0 Å². The molecule has 5 nitrogen and oxygen atoms in total. The molecule has 148 valence electrons. The number of benzene rings is 1. The number of halogens is 1. The fourth-order valence-corrected chi connectivity index (χ4v) is 4.58. The van der Waals surface area contributed by atoms with Gasteiger partial charge in [0.25, 0.3) is 0 Å². The normalized spacial score (nSPS) is 12.7. The van der Waals surface area contributed by atoms with Gasteiger partial charge in [0.2, 0.25) is 15.9 Å². The van der Waals surface area contributed by atoms with Gasteiger partial charge in [-0.1, -0.05) is 44.5 Å². The van der Waals surface area contributed by atoms with Crippen molar-refractivity contribution in [1.29, 1.82) is 0 Å². The van der Waals surface area contributed by atoms with E-state index in [0.717, 1.165) is 12.7 Å². The summed E-state index contributed by atoms with van der Waals surface area (Å²) in [5.74, 6) is -0.0770. The first kappa shape index (κ1) is 22.8. The first-order valence-corrected chi connectivity index (χ1v) is 11.0. The van der Waals surface area contributed by atoms with Crippen molar-refractivity contribution in [1.82, 2.24) is 5.32 Å². The number of carbonyl (C=O) groups is 1. The van der Waals surface area contributed by atoms with Gasteiger partial charge in [0, 0.05) is 18.5 Å². The molecule has 0 bridgehead atoms. The van der Waals surface area contributed by atoms with Gasteiger partial charge in [0.05, 0.1) is 17.0 Å². The van der Waals surface area contributed by atoms with Crippen molar-refractivity contribution in [2.24, 2.45) is 5.41 Å². The lowest BCUT2D eigenvalue weighted by Gasteiger charge is -2.33. The van der Waals surface area contributed by atoms with E-state index in [9.17, 15) is 13.2 Å². The van der Waals surface area contributed by atoms with Crippen LogP contribution in [-0.2, 0) is 14.8 Å². The van der Waals surface area contributed by atoms with Crippen molar-refractivity contribution < 1.29 is 13.2 Å². The average Bonchev–Trinajstić information content (AvgIpc) is 2.40. The highest BCUT2D eigenvalue weighted by atomic mass is 35.5. The molecule has 0 fully saturated rings. The Labute approximate surface area is 163 Å². The molecule has 0 saturated carbocycles. The van der Waals surface area contributed by atoms with Crippen LogP contribution in [0.1, 0.15) is 53.9 Å². The third-order valence-electron chi connectivity index (χ3n) is 3.74. The van der Waals surface area contributed by atoms with Crippen molar-refractivity contribution in [2.45, 2.75) is 59.4 Å². The molecule has 0 atom stereocenters. The van der Waals surface area contributed by atoms with Gasteiger partial charge in [-0.25, -0.2) is 8.42 Å². The van der Waals surface area contributed by atoms with Crippen LogP contribution in [0.4, 0.5) is 5.69 Å². The molecule has 0 aliphatic heterocycles. The summed E-state index contributed by atoms with van der Waals surface area (Å²) < 4.78 is 25.5. The van der Waals surface area contributed by atoms with Crippen LogP contribution in [0.3, 0.4) is 0 Å². The van der Waals surface area contributed by atoms with Gasteiger partial charge >= 0.3 is 0 Å². The molecule has 1 aromatic carbocycles. The Balaban J connectivity index is 2.69. The third kappa shape index (κ3) is 7.96. The number of nitrogens with one attached hydrogen (secondary N) is 1. The molecule has 1 aromatic rings. The second-order valence-corrected chi connectivity index (χ2v) is 10.9. The monoisotopic (exact) mass is 402 g/mol. The quantitative estimate of drug-likeness (QED) is 0.707. The summed E-state index contributed by atoms with van der Waals surface area (Å²) in [6.07, 6.45) is 2.66. The maximum Gasteiger partial charge on any atom is 0.232 e. The first-order valence-electron chi connectivity index (χ1n) is 8.75. The molecule has 1 rings (SSSR count). The summed E-state index contributed by atoms with van der Waals surface area (Å²) in [4.78, 5) is 12.3. The van der Waals surface area contributed by atoms with E-state index < -0.39 is 10.0 Å². The van der Waals surface area contributed by atoms with E-state index in [-0.39, 0.29) is 29.8 Å². The Bertz CT molecular complexity index is 725. The molecule has 0 unspecified atom stereocenters. The van der Waals surface area contributed by atoms with Crippen LogP contribution in [0.25, 0.3) is 0 Å². The summed E-state index contributed by atoms with van der Waals surface area (Å²) >= 11 is 6.13. The minimum atomic E-state index is -3.48. The van der Waals surface area contributed by atoms with Gasteiger partial charge in [-0.2, -0.15) is 0 Å². The minimum absolute atomic E-state index is 0.0770. The Morgan fingerprint density at radius 2 is 1.73 bits per heavy atom. The summed E-state index contributed by atoms with van der Waals surface area (Å²) in [7, 11) is -3.48. The number of para-hydroxylation sites is 1. The number of hydrogen-bond acceptors (Lipinski definition) is 3. The predicted molar refractivity (Wildman–Crippen MR) is 109 cm³/mol. The summed E-state index contributed by atoms with van der Waals surface area (Å²) in [6.45, 7) is 10.6. The van der Waals surface area contributed by atoms with Crippen LogP contribution in [0, 0.1) is 5.41 Å². The topological polar surface area (TPSA) is 66.5 Å². The lowest BCUT2D eigenvalue weighted by atomic mass is 9.82. The van der Waals surface area contributed by atoms with E-state index in [1.54, 1.807) is 24.3 Å². The maximum absolute atomic E-state index is 12.3. The maximum atomic E-state index is 12.3. The van der Waals surface area contributed by atoms with Crippen LogP contribution in [-0.4, -0.2) is 32.7 Å². The molecule has 26 heavy (non-hydrogen) atoms. The van der Waals surface area contributed by atoms with Crippen LogP contribution >= 0.6 is 11.6 Å². The highest BCUT2D eigenvalue weighted by Crippen LogP contribution is 2.28. The SMILES string of the molecule is CC(C)(C)CC(C)(C)NC(=O)CCCN(c1ccccc1Cl)S(C)(=O)=O. The molecule has 1 amide bonds. The molecule has 0 aliphatic rings. The minimum Gasteiger partial charge on any atom is -0.351 e. The predicted octanol–water partition coefficient (Wildman–Crippen LogP) is 4.22. The van der Waals surface area contributed by atoms with Crippen LogP contribution < -0.4 is 9.62 Å². The lowest BCUT2D eigenvalue weighted by Crippen LogP contribution is -2.46. The van der Waals surface area contributed by atoms with Crippen LogP contribution in [0.2, 0.25) is 5.02 Å². The number of amides is 1. The second kappa shape index (κ2) is 8.61. The van der Waals surface area contributed by atoms with Gasteiger partial charge in [-0.05, 0) is 44.2 Å². The Morgan fingerprint density at radius 1 is 1.15 bits per heavy atom. The summed E-state index contributed by atoms with van der Waals surface area (Å²) in [5, 5.41) is 3.41. The van der Waals surface area contributed by atoms with Gasteiger partial charge in [0.1, 0.15) is 0 Å². The van der Waals surface area contributed by atoms with E-state index in [2.05, 4.69) is 26.1 Å². The van der Waals surface area contributed by atoms with Crippen molar-refractivity contribution in [3.8, 4) is 0 Å². The molecular weight excluding hydrogens is 372 g/mol. The lowest BCUT2D eigenvalue weighted by molar-refractivity contribution is -0.123. The number of anilines is 1. The zero-order valence-electron chi connectivity index (χ0n) is 16.6. The largest absolute Gasteiger partial charge is 0.351 e. The van der Waals surface area contributed by atoms with Gasteiger partial charge < -0.3 is 5.32 Å². The van der Waals surface area contributed by atoms with E-state index in [4.69, 9.17) is 11.6 Å².